The largest absolute Gasteiger partial charge is 0.342 e. The molecule has 2 aromatic heterocycles. The molecule has 4 rings (SSSR count). The van der Waals surface area contributed by atoms with E-state index in [-0.39, 0.29) is 5.91 Å². The molecule has 7 heteroatoms. The van der Waals surface area contributed by atoms with Crippen molar-refractivity contribution >= 4 is 34.2 Å². The lowest BCUT2D eigenvalue weighted by molar-refractivity contribution is 0.101. The average Bonchev–Trinajstić information content (AvgIpc) is 3.20. The quantitative estimate of drug-likeness (QED) is 0.670. The summed E-state index contributed by atoms with van der Waals surface area (Å²) in [5.41, 5.74) is 2.47. The van der Waals surface area contributed by atoms with Gasteiger partial charge >= 0.3 is 0 Å². The van der Waals surface area contributed by atoms with Crippen molar-refractivity contribution < 1.29 is 4.79 Å². The fraction of sp³-hybridized carbons (Fsp3) is 0.333. The van der Waals surface area contributed by atoms with Crippen LogP contribution < -0.4 is 10.6 Å². The molecule has 0 radical (unpaired) electrons. The smallest absolute Gasteiger partial charge is 0.273 e. The minimum absolute atomic E-state index is 0.182. The van der Waals surface area contributed by atoms with Crippen molar-refractivity contribution in [3.8, 4) is 0 Å². The molecule has 1 fully saturated rings. The number of anilines is 1. The van der Waals surface area contributed by atoms with Gasteiger partial charge in [0.15, 0.2) is 5.82 Å². The Morgan fingerprint density at radius 1 is 1.32 bits per heavy atom. The van der Waals surface area contributed by atoms with Crippen LogP contribution in [0.1, 0.15) is 41.5 Å². The Labute approximate surface area is 150 Å². The number of benzene rings is 1. The molecule has 1 aliphatic heterocycles. The summed E-state index contributed by atoms with van der Waals surface area (Å²) < 4.78 is 1.96. The molecule has 0 saturated carbocycles. The summed E-state index contributed by atoms with van der Waals surface area (Å²) in [7, 11) is 1.93. The van der Waals surface area contributed by atoms with Gasteiger partial charge in [0.25, 0.3) is 5.91 Å². The van der Waals surface area contributed by atoms with E-state index < -0.39 is 0 Å². The number of aromatic amines is 1. The van der Waals surface area contributed by atoms with E-state index in [1.54, 1.807) is 6.07 Å². The van der Waals surface area contributed by atoms with E-state index >= 15 is 0 Å². The van der Waals surface area contributed by atoms with Crippen LogP contribution >= 0.6 is 11.6 Å². The van der Waals surface area contributed by atoms with Gasteiger partial charge in [0.2, 0.25) is 0 Å². The minimum atomic E-state index is -0.182. The Morgan fingerprint density at radius 2 is 2.20 bits per heavy atom. The first kappa shape index (κ1) is 16.2. The van der Waals surface area contributed by atoms with Crippen molar-refractivity contribution in [2.45, 2.75) is 25.3 Å². The number of hydrogen-bond donors (Lipinski definition) is 3. The maximum absolute atomic E-state index is 12.7. The molecule has 3 aromatic rings. The maximum Gasteiger partial charge on any atom is 0.273 e. The Kier molecular flexibility index (Phi) is 4.23. The van der Waals surface area contributed by atoms with Gasteiger partial charge in [0.05, 0.1) is 10.5 Å². The zero-order valence-electron chi connectivity index (χ0n) is 14.0. The zero-order chi connectivity index (χ0) is 17.4. The third-order valence-corrected chi connectivity index (χ3v) is 5.16. The van der Waals surface area contributed by atoms with Crippen LogP contribution in [-0.2, 0) is 7.05 Å². The SMILES string of the molecule is Cn1c(C(=O)Nc2n[nH]c3c(Cl)cccc23)ccc1C1CCCCN1. The highest BCUT2D eigenvalue weighted by Crippen LogP contribution is 2.28. The number of carbonyl (C=O) groups is 1. The number of amides is 1. The molecule has 1 aliphatic rings. The second-order valence-electron chi connectivity index (χ2n) is 6.39. The van der Waals surface area contributed by atoms with Gasteiger partial charge in [-0.2, -0.15) is 5.10 Å². The summed E-state index contributed by atoms with van der Waals surface area (Å²) in [5, 5.41) is 14.8. The van der Waals surface area contributed by atoms with Crippen LogP contribution in [0.15, 0.2) is 30.3 Å². The van der Waals surface area contributed by atoms with Gasteiger partial charge in [0, 0.05) is 24.2 Å². The molecule has 0 aliphatic carbocycles. The highest BCUT2D eigenvalue weighted by Gasteiger charge is 2.21. The van der Waals surface area contributed by atoms with E-state index in [1.165, 1.54) is 12.8 Å². The van der Waals surface area contributed by atoms with Gasteiger partial charge < -0.3 is 15.2 Å². The van der Waals surface area contributed by atoms with Crippen molar-refractivity contribution in [3.63, 3.8) is 0 Å². The van der Waals surface area contributed by atoms with Crippen molar-refractivity contribution in [2.75, 3.05) is 11.9 Å². The number of aromatic nitrogens is 3. The summed E-state index contributed by atoms with van der Waals surface area (Å²) in [6.07, 6.45) is 3.52. The van der Waals surface area contributed by atoms with Gasteiger partial charge in [-0.25, -0.2) is 0 Å². The lowest BCUT2D eigenvalue weighted by Crippen LogP contribution is -2.29. The van der Waals surface area contributed by atoms with Gasteiger partial charge in [0.1, 0.15) is 5.69 Å². The van der Waals surface area contributed by atoms with Crippen LogP contribution in [0.2, 0.25) is 5.02 Å². The number of rotatable bonds is 3. The van der Waals surface area contributed by atoms with Gasteiger partial charge in [-0.15, -0.1) is 0 Å². The zero-order valence-corrected chi connectivity index (χ0v) is 14.7. The van der Waals surface area contributed by atoms with Crippen LogP contribution in [0, 0.1) is 0 Å². The molecule has 25 heavy (non-hydrogen) atoms. The van der Waals surface area contributed by atoms with E-state index in [0.29, 0.717) is 22.6 Å². The van der Waals surface area contributed by atoms with E-state index in [0.717, 1.165) is 29.6 Å². The molecule has 3 N–H and O–H groups in total. The fourth-order valence-electron chi connectivity index (χ4n) is 3.48. The second-order valence-corrected chi connectivity index (χ2v) is 6.80. The number of H-pyrrole nitrogens is 1. The van der Waals surface area contributed by atoms with E-state index in [2.05, 4.69) is 20.8 Å². The van der Waals surface area contributed by atoms with E-state index in [4.69, 9.17) is 11.6 Å². The van der Waals surface area contributed by atoms with Crippen molar-refractivity contribution in [1.29, 1.82) is 0 Å². The normalized spacial score (nSPS) is 17.8. The van der Waals surface area contributed by atoms with Crippen molar-refractivity contribution in [1.82, 2.24) is 20.1 Å². The Bertz CT molecular complexity index is 923. The van der Waals surface area contributed by atoms with Crippen LogP contribution in [-0.4, -0.2) is 27.2 Å². The fourth-order valence-corrected chi connectivity index (χ4v) is 3.70. The molecular weight excluding hydrogens is 338 g/mol. The summed E-state index contributed by atoms with van der Waals surface area (Å²) in [4.78, 5) is 12.7. The topological polar surface area (TPSA) is 74.7 Å². The molecule has 1 aromatic carbocycles. The first-order chi connectivity index (χ1) is 12.1. The number of hydrogen-bond acceptors (Lipinski definition) is 3. The molecule has 6 nitrogen and oxygen atoms in total. The highest BCUT2D eigenvalue weighted by molar-refractivity contribution is 6.35. The second kappa shape index (κ2) is 6.54. The number of halogens is 1. The number of fused-ring (bicyclic) bond motifs is 1. The van der Waals surface area contributed by atoms with Crippen LogP contribution in [0.4, 0.5) is 5.82 Å². The highest BCUT2D eigenvalue weighted by atomic mass is 35.5. The molecule has 0 spiro atoms. The number of nitrogens with one attached hydrogen (secondary N) is 3. The van der Waals surface area contributed by atoms with Crippen LogP contribution in [0.5, 0.6) is 0 Å². The third-order valence-electron chi connectivity index (χ3n) is 4.84. The monoisotopic (exact) mass is 357 g/mol. The summed E-state index contributed by atoms with van der Waals surface area (Å²) >= 11 is 6.14. The standard InChI is InChI=1S/C18H20ClN5O/c1-24-14(13-7-2-3-10-20-13)8-9-15(24)18(25)21-17-11-5-4-6-12(19)16(11)22-23-17/h4-6,8-9,13,20H,2-3,7,10H2,1H3,(H2,21,22,23,25). The van der Waals surface area contributed by atoms with Crippen molar-refractivity contribution in [2.24, 2.45) is 7.05 Å². The van der Waals surface area contributed by atoms with Gasteiger partial charge in [-0.05, 0) is 43.7 Å². The summed E-state index contributed by atoms with van der Waals surface area (Å²) in [5.74, 6) is 0.305. The Morgan fingerprint density at radius 3 is 3.00 bits per heavy atom. The van der Waals surface area contributed by atoms with E-state index in [1.807, 2.05) is 35.9 Å². The number of piperidine rings is 1. The lowest BCUT2D eigenvalue weighted by atomic mass is 10.0. The first-order valence-electron chi connectivity index (χ1n) is 8.48. The first-order valence-corrected chi connectivity index (χ1v) is 8.86. The molecule has 0 bridgehead atoms. The molecular formula is C18H20ClN5O. The molecule has 1 unspecified atom stereocenters. The predicted octanol–water partition coefficient (Wildman–Crippen LogP) is 3.62. The van der Waals surface area contributed by atoms with E-state index in [9.17, 15) is 4.79 Å². The summed E-state index contributed by atoms with van der Waals surface area (Å²) in [6, 6.07) is 9.70. The van der Waals surface area contributed by atoms with Crippen LogP contribution in [0.25, 0.3) is 10.9 Å². The molecule has 1 saturated heterocycles. The average molecular weight is 358 g/mol. The maximum atomic E-state index is 12.7. The summed E-state index contributed by atoms with van der Waals surface area (Å²) in [6.45, 7) is 1.03. The van der Waals surface area contributed by atoms with Gasteiger partial charge in [-0.3, -0.25) is 9.89 Å². The molecule has 130 valence electrons. The third kappa shape index (κ3) is 2.92. The minimum Gasteiger partial charge on any atom is -0.342 e. The van der Waals surface area contributed by atoms with Crippen molar-refractivity contribution in [3.05, 3.63) is 46.7 Å². The number of para-hydroxylation sites is 1. The molecule has 3 heterocycles. The van der Waals surface area contributed by atoms with Gasteiger partial charge in [-0.1, -0.05) is 24.1 Å². The number of carbonyl (C=O) groups excluding carboxylic acids is 1. The lowest BCUT2D eigenvalue weighted by Gasteiger charge is -2.24. The molecule has 1 atom stereocenters. The predicted molar refractivity (Wildman–Crippen MR) is 99.1 cm³/mol. The molecule has 1 amide bonds. The Balaban J connectivity index is 1.59. The number of nitrogens with zero attached hydrogens (tertiary/aromatic N) is 2. The van der Waals surface area contributed by atoms with Crippen LogP contribution in [0.3, 0.4) is 0 Å². The Hall–Kier alpha value is -2.31.